The lowest BCUT2D eigenvalue weighted by Crippen LogP contribution is -2.30. The van der Waals surface area contributed by atoms with Crippen LogP contribution in [0.5, 0.6) is 0 Å². The maximum Gasteiger partial charge on any atom is 0.472 e. The van der Waals surface area contributed by atoms with E-state index < -0.39 is 97.5 Å². The summed E-state index contributed by atoms with van der Waals surface area (Å²) in [6.45, 7) is 12.0. The quantitative estimate of drug-likeness (QED) is 0.0222. The molecule has 636 valence electrons. The summed E-state index contributed by atoms with van der Waals surface area (Å²) in [6.07, 6.45) is 69.4. The van der Waals surface area contributed by atoms with Gasteiger partial charge in [0.1, 0.15) is 19.3 Å². The fourth-order valence-electron chi connectivity index (χ4n) is 13.7. The molecular weight excluding hydrogens is 1390 g/mol. The summed E-state index contributed by atoms with van der Waals surface area (Å²) in [5, 5.41) is 10.7. The summed E-state index contributed by atoms with van der Waals surface area (Å²) in [5.74, 6) is 0.249. The third-order valence-corrected chi connectivity index (χ3v) is 22.5. The Hall–Kier alpha value is -1.94. The molecule has 3 N–H and O–H groups in total. The van der Waals surface area contributed by atoms with Crippen molar-refractivity contribution in [2.45, 2.75) is 484 Å². The molecule has 0 aromatic carbocycles. The number of ether oxygens (including phenoxy) is 4. The van der Waals surface area contributed by atoms with Gasteiger partial charge in [0.05, 0.1) is 26.4 Å². The molecule has 0 amide bonds. The molecule has 0 aliphatic carbocycles. The van der Waals surface area contributed by atoms with Crippen molar-refractivity contribution in [3.8, 4) is 0 Å². The van der Waals surface area contributed by atoms with Crippen LogP contribution in [0.4, 0.5) is 0 Å². The third kappa shape index (κ3) is 81.9. The molecule has 0 heterocycles. The largest absolute Gasteiger partial charge is 0.472 e. The minimum absolute atomic E-state index is 0.107. The summed E-state index contributed by atoms with van der Waals surface area (Å²) in [6, 6.07) is 0. The summed E-state index contributed by atoms with van der Waals surface area (Å²) in [7, 11) is -9.93. The summed E-state index contributed by atoms with van der Waals surface area (Å²) in [5.41, 5.74) is 0. The number of phosphoric acid groups is 2. The Labute approximate surface area is 658 Å². The van der Waals surface area contributed by atoms with Gasteiger partial charge in [0, 0.05) is 25.7 Å². The lowest BCUT2D eigenvalue weighted by Gasteiger charge is -2.21. The molecule has 0 fully saturated rings. The zero-order chi connectivity index (χ0) is 78.6. The zero-order valence-electron chi connectivity index (χ0n) is 70.6. The van der Waals surface area contributed by atoms with Crippen molar-refractivity contribution in [1.82, 2.24) is 0 Å². The number of carbonyl (C=O) groups is 4. The van der Waals surface area contributed by atoms with E-state index in [9.17, 15) is 43.2 Å². The number of hydrogen-bond acceptors (Lipinski definition) is 15. The van der Waals surface area contributed by atoms with E-state index in [-0.39, 0.29) is 25.7 Å². The number of unbranched alkanes of at least 4 members (excludes halogenated alkanes) is 54. The number of rotatable bonds is 86. The fraction of sp³-hybridized carbons (Fsp3) is 0.955. The highest BCUT2D eigenvalue weighted by molar-refractivity contribution is 7.47. The highest BCUT2D eigenvalue weighted by Gasteiger charge is 2.31. The first kappa shape index (κ1) is 105. The van der Waals surface area contributed by atoms with Gasteiger partial charge in [0.15, 0.2) is 12.2 Å². The minimum atomic E-state index is -4.97. The van der Waals surface area contributed by atoms with E-state index in [0.29, 0.717) is 25.7 Å². The van der Waals surface area contributed by atoms with Crippen LogP contribution in [0.3, 0.4) is 0 Å². The first-order valence-corrected chi connectivity index (χ1v) is 48.3. The maximum atomic E-state index is 13.2. The van der Waals surface area contributed by atoms with Crippen LogP contribution in [0.15, 0.2) is 0 Å². The molecule has 5 atom stereocenters. The molecular formula is C88H172O17P2. The Kier molecular flexibility index (Phi) is 76.6. The number of carbonyl (C=O) groups excluding carboxylic acids is 4. The topological polar surface area (TPSA) is 237 Å². The van der Waals surface area contributed by atoms with E-state index >= 15 is 0 Å². The molecule has 0 rings (SSSR count). The van der Waals surface area contributed by atoms with E-state index in [1.807, 2.05) is 0 Å². The second-order valence-corrected chi connectivity index (χ2v) is 36.0. The predicted octanol–water partition coefficient (Wildman–Crippen LogP) is 26.9. The van der Waals surface area contributed by atoms with Gasteiger partial charge in [-0.25, -0.2) is 9.13 Å². The Bertz CT molecular complexity index is 2060. The van der Waals surface area contributed by atoms with Crippen LogP contribution in [0, 0.1) is 17.8 Å². The average molecular weight is 1560 g/mol. The predicted molar refractivity (Wildman–Crippen MR) is 441 cm³/mol. The first-order valence-electron chi connectivity index (χ1n) is 45.3. The molecule has 0 bridgehead atoms. The Morgan fingerprint density at radius 2 is 0.430 bits per heavy atom. The number of aliphatic hydroxyl groups is 1. The molecule has 0 aliphatic heterocycles. The second-order valence-electron chi connectivity index (χ2n) is 33.1. The molecule has 0 aliphatic rings. The second kappa shape index (κ2) is 78.0. The maximum absolute atomic E-state index is 13.2. The third-order valence-electron chi connectivity index (χ3n) is 20.6. The molecule has 0 radical (unpaired) electrons. The van der Waals surface area contributed by atoms with Crippen molar-refractivity contribution in [1.29, 1.82) is 0 Å². The van der Waals surface area contributed by atoms with Gasteiger partial charge in [-0.1, -0.05) is 414 Å². The molecule has 0 aromatic rings. The van der Waals surface area contributed by atoms with E-state index in [1.165, 1.54) is 276 Å². The van der Waals surface area contributed by atoms with Crippen LogP contribution in [0.25, 0.3) is 0 Å². The van der Waals surface area contributed by atoms with E-state index in [2.05, 4.69) is 48.5 Å². The van der Waals surface area contributed by atoms with Crippen LogP contribution in [0.1, 0.15) is 466 Å². The molecule has 107 heavy (non-hydrogen) atoms. The highest BCUT2D eigenvalue weighted by Crippen LogP contribution is 2.45. The smallest absolute Gasteiger partial charge is 0.462 e. The fourth-order valence-corrected chi connectivity index (χ4v) is 15.3. The average Bonchev–Trinajstić information content (AvgIpc) is 0.921. The Balaban J connectivity index is 5.25. The number of hydrogen-bond donors (Lipinski definition) is 3. The van der Waals surface area contributed by atoms with Gasteiger partial charge in [-0.05, 0) is 43.4 Å². The number of aliphatic hydroxyl groups excluding tert-OH is 1. The Morgan fingerprint density at radius 3 is 0.636 bits per heavy atom. The van der Waals surface area contributed by atoms with E-state index in [0.717, 1.165) is 108 Å². The molecule has 0 spiro atoms. The van der Waals surface area contributed by atoms with Gasteiger partial charge < -0.3 is 33.8 Å². The standard InChI is InChI=1S/C88H172O17P2/c1-8-9-10-11-12-13-14-15-16-17-21-24-29-34-41-48-55-62-69-85(90)98-75-83(104-87(92)71-64-57-50-42-35-30-25-22-19-18-20-23-27-32-38-45-52-59-66-79(2)3)77-102-106(94,95)100-73-82(89)74-101-107(96,97)103-78-84(76-99-86(91)70-63-56-49-44-37-40-47-54-61-68-81(6)7)105-88(93)72-65-58-51-43-36-31-26-28-33-39-46-53-60-67-80(4)5/h79-84,89H,8-78H2,1-7H3,(H,94,95)(H,96,97)/t82-,83-,84-/m1/s1. The first-order chi connectivity index (χ1) is 51.7. The molecule has 0 saturated heterocycles. The molecule has 0 aromatic heterocycles. The molecule has 19 heteroatoms. The molecule has 2 unspecified atom stereocenters. The van der Waals surface area contributed by atoms with Crippen LogP contribution in [-0.4, -0.2) is 96.7 Å². The SMILES string of the molecule is CCCCCCCCCCCCCCCCCCCCC(=O)OC[C@H](COP(=O)(O)OC[C@@H](O)COP(=O)(O)OC[C@@H](COC(=O)CCCCCCCCCCCC(C)C)OC(=O)CCCCCCCCCCCCCCCC(C)C)OC(=O)CCCCCCCCCCCCCCCCCCCCC(C)C. The summed E-state index contributed by atoms with van der Waals surface area (Å²) in [4.78, 5) is 73.3. The van der Waals surface area contributed by atoms with Crippen molar-refractivity contribution in [2.24, 2.45) is 17.8 Å². The van der Waals surface area contributed by atoms with Crippen LogP contribution >= 0.6 is 15.6 Å². The zero-order valence-corrected chi connectivity index (χ0v) is 72.4. The molecule has 17 nitrogen and oxygen atoms in total. The van der Waals surface area contributed by atoms with Gasteiger partial charge in [0.25, 0.3) is 0 Å². The normalized spacial score (nSPS) is 13.8. The number of phosphoric ester groups is 2. The summed E-state index contributed by atoms with van der Waals surface area (Å²) >= 11 is 0. The van der Waals surface area contributed by atoms with E-state index in [1.54, 1.807) is 0 Å². The molecule has 0 saturated carbocycles. The summed E-state index contributed by atoms with van der Waals surface area (Å²) < 4.78 is 69.0. The van der Waals surface area contributed by atoms with Crippen LogP contribution in [-0.2, 0) is 65.4 Å². The van der Waals surface area contributed by atoms with E-state index in [4.69, 9.17) is 37.0 Å². The van der Waals surface area contributed by atoms with Crippen molar-refractivity contribution in [3.63, 3.8) is 0 Å². The van der Waals surface area contributed by atoms with Crippen molar-refractivity contribution in [2.75, 3.05) is 39.6 Å². The Morgan fingerprint density at radius 1 is 0.252 bits per heavy atom. The van der Waals surface area contributed by atoms with Gasteiger partial charge in [-0.15, -0.1) is 0 Å². The monoisotopic (exact) mass is 1560 g/mol. The van der Waals surface area contributed by atoms with Gasteiger partial charge >= 0.3 is 39.5 Å². The van der Waals surface area contributed by atoms with Gasteiger partial charge in [0.2, 0.25) is 0 Å². The van der Waals surface area contributed by atoms with Crippen LogP contribution < -0.4 is 0 Å². The van der Waals surface area contributed by atoms with Gasteiger partial charge in [-0.3, -0.25) is 37.3 Å². The lowest BCUT2D eigenvalue weighted by molar-refractivity contribution is -0.161. The van der Waals surface area contributed by atoms with Crippen LogP contribution in [0.2, 0.25) is 0 Å². The number of esters is 4. The van der Waals surface area contributed by atoms with Crippen molar-refractivity contribution >= 4 is 39.5 Å². The lowest BCUT2D eigenvalue weighted by atomic mass is 10.0. The van der Waals surface area contributed by atoms with Crippen molar-refractivity contribution in [3.05, 3.63) is 0 Å². The van der Waals surface area contributed by atoms with Crippen molar-refractivity contribution < 1.29 is 80.2 Å². The highest BCUT2D eigenvalue weighted by atomic mass is 31.2. The van der Waals surface area contributed by atoms with Gasteiger partial charge in [-0.2, -0.15) is 0 Å². The minimum Gasteiger partial charge on any atom is -0.462 e.